The summed E-state index contributed by atoms with van der Waals surface area (Å²) >= 11 is 0. The van der Waals surface area contributed by atoms with E-state index in [0.29, 0.717) is 25.4 Å². The lowest BCUT2D eigenvalue weighted by Gasteiger charge is -2.22. The molecule has 6 heteroatoms. The molecular formula is C19H21N3O3. The molecule has 1 aliphatic rings. The van der Waals surface area contributed by atoms with Gasteiger partial charge < -0.3 is 9.64 Å². The normalized spacial score (nSPS) is 18.4. The number of hydrogen-bond acceptors (Lipinski definition) is 5. The van der Waals surface area contributed by atoms with Crippen LogP contribution in [-0.2, 0) is 16.1 Å². The van der Waals surface area contributed by atoms with Crippen LogP contribution in [0.5, 0.6) is 0 Å². The summed E-state index contributed by atoms with van der Waals surface area (Å²) in [5, 5.41) is 0. The number of esters is 1. The molecule has 2 atom stereocenters. The third-order valence-corrected chi connectivity index (χ3v) is 4.25. The van der Waals surface area contributed by atoms with Gasteiger partial charge in [-0.2, -0.15) is 0 Å². The highest BCUT2D eigenvalue weighted by Gasteiger charge is 2.45. The SMILES string of the molecule is CCOC(=O)[C@@H]1C[C@H]1CN(Cc1ccccc1)C(=O)c1cnccn1. The fourth-order valence-electron chi connectivity index (χ4n) is 2.87. The fraction of sp³-hybridized carbons (Fsp3) is 0.368. The second kappa shape index (κ2) is 7.88. The minimum atomic E-state index is -0.175. The van der Waals surface area contributed by atoms with Gasteiger partial charge in [0.05, 0.1) is 18.7 Å². The number of aromatic nitrogens is 2. The second-order valence-electron chi connectivity index (χ2n) is 6.12. The zero-order valence-electron chi connectivity index (χ0n) is 14.2. The number of benzene rings is 1. The first-order valence-corrected chi connectivity index (χ1v) is 8.45. The van der Waals surface area contributed by atoms with Crippen LogP contribution in [0.15, 0.2) is 48.9 Å². The van der Waals surface area contributed by atoms with Crippen molar-refractivity contribution in [2.45, 2.75) is 19.9 Å². The van der Waals surface area contributed by atoms with Crippen LogP contribution in [0, 0.1) is 11.8 Å². The summed E-state index contributed by atoms with van der Waals surface area (Å²) in [7, 11) is 0. The molecule has 1 aromatic carbocycles. The Hall–Kier alpha value is -2.76. The number of hydrogen-bond donors (Lipinski definition) is 0. The molecule has 0 aliphatic heterocycles. The molecule has 1 fully saturated rings. The van der Waals surface area contributed by atoms with Crippen molar-refractivity contribution in [3.8, 4) is 0 Å². The maximum Gasteiger partial charge on any atom is 0.309 e. The molecule has 0 spiro atoms. The van der Waals surface area contributed by atoms with Gasteiger partial charge >= 0.3 is 5.97 Å². The third kappa shape index (κ3) is 4.41. The lowest BCUT2D eigenvalue weighted by Crippen LogP contribution is -2.33. The van der Waals surface area contributed by atoms with Gasteiger partial charge in [0.25, 0.3) is 5.91 Å². The van der Waals surface area contributed by atoms with E-state index in [1.165, 1.54) is 18.6 Å². The molecule has 1 heterocycles. The van der Waals surface area contributed by atoms with Crippen molar-refractivity contribution < 1.29 is 14.3 Å². The number of carbonyl (C=O) groups excluding carboxylic acids is 2. The molecular weight excluding hydrogens is 318 g/mol. The summed E-state index contributed by atoms with van der Waals surface area (Å²) in [5.41, 5.74) is 1.35. The zero-order chi connectivity index (χ0) is 17.6. The highest BCUT2D eigenvalue weighted by molar-refractivity contribution is 5.92. The van der Waals surface area contributed by atoms with Gasteiger partial charge in [0.2, 0.25) is 0 Å². The van der Waals surface area contributed by atoms with Crippen LogP contribution in [0.25, 0.3) is 0 Å². The van der Waals surface area contributed by atoms with Gasteiger partial charge in [-0.25, -0.2) is 4.98 Å². The molecule has 3 rings (SSSR count). The topological polar surface area (TPSA) is 72.4 Å². The molecule has 1 saturated carbocycles. The first kappa shape index (κ1) is 17.1. The van der Waals surface area contributed by atoms with Gasteiger partial charge in [0.15, 0.2) is 0 Å². The Bertz CT molecular complexity index is 721. The highest BCUT2D eigenvalue weighted by Crippen LogP contribution is 2.40. The predicted molar refractivity (Wildman–Crippen MR) is 91.4 cm³/mol. The first-order chi connectivity index (χ1) is 12.2. The van der Waals surface area contributed by atoms with Crippen molar-refractivity contribution >= 4 is 11.9 Å². The van der Waals surface area contributed by atoms with Crippen molar-refractivity contribution in [3.05, 3.63) is 60.2 Å². The fourth-order valence-corrected chi connectivity index (χ4v) is 2.87. The first-order valence-electron chi connectivity index (χ1n) is 8.45. The maximum absolute atomic E-state index is 12.8. The van der Waals surface area contributed by atoms with Crippen molar-refractivity contribution in [1.82, 2.24) is 14.9 Å². The van der Waals surface area contributed by atoms with Gasteiger partial charge in [-0.05, 0) is 24.8 Å². The Morgan fingerprint density at radius 1 is 1.24 bits per heavy atom. The monoisotopic (exact) mass is 339 g/mol. The Labute approximate surface area is 146 Å². The van der Waals surface area contributed by atoms with Gasteiger partial charge in [0, 0.05) is 25.5 Å². The lowest BCUT2D eigenvalue weighted by atomic mass is 10.2. The number of rotatable bonds is 7. The highest BCUT2D eigenvalue weighted by atomic mass is 16.5. The van der Waals surface area contributed by atoms with Crippen LogP contribution in [0.3, 0.4) is 0 Å². The van der Waals surface area contributed by atoms with Crippen molar-refractivity contribution in [2.75, 3.05) is 13.2 Å². The van der Waals surface area contributed by atoms with E-state index in [-0.39, 0.29) is 23.7 Å². The largest absolute Gasteiger partial charge is 0.466 e. The van der Waals surface area contributed by atoms with Crippen LogP contribution < -0.4 is 0 Å². The van der Waals surface area contributed by atoms with E-state index in [4.69, 9.17) is 4.74 Å². The summed E-state index contributed by atoms with van der Waals surface area (Å²) in [5.74, 6) is -0.304. The number of nitrogens with zero attached hydrogens (tertiary/aromatic N) is 3. The Morgan fingerprint density at radius 3 is 2.72 bits per heavy atom. The average molecular weight is 339 g/mol. The maximum atomic E-state index is 12.8. The van der Waals surface area contributed by atoms with E-state index in [9.17, 15) is 9.59 Å². The summed E-state index contributed by atoms with van der Waals surface area (Å²) in [4.78, 5) is 34.5. The van der Waals surface area contributed by atoms with Crippen LogP contribution >= 0.6 is 0 Å². The molecule has 6 nitrogen and oxygen atoms in total. The molecule has 1 amide bonds. The standard InChI is InChI=1S/C19H21N3O3/c1-2-25-19(24)16-10-15(16)13-22(12-14-6-4-3-5-7-14)18(23)17-11-20-8-9-21-17/h3-9,11,15-16H,2,10,12-13H2,1H3/t15-,16+/m0/s1. The quantitative estimate of drug-likeness (QED) is 0.724. The summed E-state index contributed by atoms with van der Waals surface area (Å²) < 4.78 is 5.08. The Kier molecular flexibility index (Phi) is 5.38. The Balaban J connectivity index is 1.71. The number of amides is 1. The minimum Gasteiger partial charge on any atom is -0.466 e. The molecule has 0 unspecified atom stereocenters. The lowest BCUT2D eigenvalue weighted by molar-refractivity contribution is -0.145. The number of carbonyl (C=O) groups is 2. The molecule has 1 aliphatic carbocycles. The zero-order valence-corrected chi connectivity index (χ0v) is 14.2. The van der Waals surface area contributed by atoms with E-state index >= 15 is 0 Å². The molecule has 0 radical (unpaired) electrons. The molecule has 130 valence electrons. The second-order valence-corrected chi connectivity index (χ2v) is 6.12. The van der Waals surface area contributed by atoms with Crippen LogP contribution in [-0.4, -0.2) is 39.9 Å². The van der Waals surface area contributed by atoms with Crippen LogP contribution in [0.1, 0.15) is 29.4 Å². The van der Waals surface area contributed by atoms with Gasteiger partial charge in [-0.1, -0.05) is 30.3 Å². The molecule has 25 heavy (non-hydrogen) atoms. The molecule has 0 bridgehead atoms. The predicted octanol–water partition coefficient (Wildman–Crippen LogP) is 2.32. The van der Waals surface area contributed by atoms with Crippen LogP contribution in [0.2, 0.25) is 0 Å². The van der Waals surface area contributed by atoms with Gasteiger partial charge in [-0.15, -0.1) is 0 Å². The average Bonchev–Trinajstić information content (AvgIpc) is 3.42. The summed E-state index contributed by atoms with van der Waals surface area (Å²) in [6.45, 7) is 3.17. The molecule has 2 aromatic rings. The summed E-state index contributed by atoms with van der Waals surface area (Å²) in [6.07, 6.45) is 5.27. The molecule has 0 N–H and O–H groups in total. The van der Waals surface area contributed by atoms with Gasteiger partial charge in [0.1, 0.15) is 5.69 Å². The molecule has 0 saturated heterocycles. The van der Waals surface area contributed by atoms with E-state index < -0.39 is 0 Å². The van der Waals surface area contributed by atoms with E-state index in [1.807, 2.05) is 30.3 Å². The smallest absolute Gasteiger partial charge is 0.309 e. The van der Waals surface area contributed by atoms with Gasteiger partial charge in [-0.3, -0.25) is 14.6 Å². The van der Waals surface area contributed by atoms with E-state index in [2.05, 4.69) is 9.97 Å². The molecule has 1 aromatic heterocycles. The van der Waals surface area contributed by atoms with Crippen molar-refractivity contribution in [2.24, 2.45) is 11.8 Å². The Morgan fingerprint density at radius 2 is 2.04 bits per heavy atom. The third-order valence-electron chi connectivity index (χ3n) is 4.25. The number of ether oxygens (including phenoxy) is 1. The van der Waals surface area contributed by atoms with E-state index in [1.54, 1.807) is 11.8 Å². The minimum absolute atomic E-state index is 0.104. The van der Waals surface area contributed by atoms with Crippen LogP contribution in [0.4, 0.5) is 0 Å². The van der Waals surface area contributed by atoms with Crippen molar-refractivity contribution in [3.63, 3.8) is 0 Å². The van der Waals surface area contributed by atoms with Crippen molar-refractivity contribution in [1.29, 1.82) is 0 Å². The summed E-state index contributed by atoms with van der Waals surface area (Å²) in [6, 6.07) is 9.78. The van der Waals surface area contributed by atoms with E-state index in [0.717, 1.165) is 12.0 Å².